The Bertz CT molecular complexity index is 438. The van der Waals surface area contributed by atoms with Crippen molar-refractivity contribution in [1.82, 2.24) is 4.90 Å². The second-order valence-corrected chi connectivity index (χ2v) is 6.81. The molecule has 0 unspecified atom stereocenters. The van der Waals surface area contributed by atoms with E-state index in [2.05, 4.69) is 6.92 Å². The van der Waals surface area contributed by atoms with Gasteiger partial charge in [0.1, 0.15) is 0 Å². The summed E-state index contributed by atoms with van der Waals surface area (Å²) in [6, 6.07) is 0. The maximum atomic E-state index is 11.8. The first-order valence-electron chi connectivity index (χ1n) is 7.49. The molecule has 5 heteroatoms. The van der Waals surface area contributed by atoms with E-state index >= 15 is 0 Å². The standard InChI is InChI=1S/C16H27NO4/c1-7-8-15(3,4)20-21-16(5,6)9-10-17-13(18)11-12(2)14(17)19/h11H,7-10H2,1-6H3. The van der Waals surface area contributed by atoms with Crippen molar-refractivity contribution in [3.05, 3.63) is 11.6 Å². The van der Waals surface area contributed by atoms with E-state index in [-0.39, 0.29) is 17.4 Å². The molecule has 0 saturated carbocycles. The number of rotatable bonds is 8. The molecule has 0 fully saturated rings. The number of amides is 2. The Hall–Kier alpha value is -1.20. The van der Waals surface area contributed by atoms with Crippen molar-refractivity contribution in [3.8, 4) is 0 Å². The van der Waals surface area contributed by atoms with Gasteiger partial charge < -0.3 is 0 Å². The van der Waals surface area contributed by atoms with Crippen molar-refractivity contribution in [2.45, 2.75) is 72.0 Å². The maximum absolute atomic E-state index is 11.8. The van der Waals surface area contributed by atoms with Gasteiger partial charge in [0.05, 0.1) is 11.2 Å². The van der Waals surface area contributed by atoms with Gasteiger partial charge in [-0.25, -0.2) is 9.78 Å². The molecule has 0 aliphatic carbocycles. The van der Waals surface area contributed by atoms with Gasteiger partial charge in [-0.05, 0) is 47.5 Å². The highest BCUT2D eigenvalue weighted by Gasteiger charge is 2.32. The molecule has 1 heterocycles. The highest BCUT2D eigenvalue weighted by atomic mass is 17.2. The van der Waals surface area contributed by atoms with Crippen LogP contribution in [0.15, 0.2) is 11.6 Å². The zero-order valence-electron chi connectivity index (χ0n) is 14.0. The lowest BCUT2D eigenvalue weighted by molar-refractivity contribution is -0.402. The van der Waals surface area contributed by atoms with Crippen molar-refractivity contribution >= 4 is 11.8 Å². The van der Waals surface area contributed by atoms with Gasteiger partial charge in [-0.1, -0.05) is 13.3 Å². The van der Waals surface area contributed by atoms with Crippen LogP contribution in [0.2, 0.25) is 0 Å². The van der Waals surface area contributed by atoms with Crippen LogP contribution in [-0.2, 0) is 19.4 Å². The number of hydrogen-bond donors (Lipinski definition) is 0. The first-order valence-corrected chi connectivity index (χ1v) is 7.49. The molecule has 21 heavy (non-hydrogen) atoms. The minimum Gasteiger partial charge on any atom is -0.275 e. The van der Waals surface area contributed by atoms with Crippen LogP contribution in [0.3, 0.4) is 0 Å². The summed E-state index contributed by atoms with van der Waals surface area (Å²) in [6.45, 7) is 11.8. The highest BCUT2D eigenvalue weighted by molar-refractivity contribution is 6.15. The van der Waals surface area contributed by atoms with Crippen LogP contribution in [0.4, 0.5) is 0 Å². The number of carbonyl (C=O) groups is 2. The van der Waals surface area contributed by atoms with E-state index in [1.807, 2.05) is 27.7 Å². The lowest BCUT2D eigenvalue weighted by Gasteiger charge is -2.31. The molecule has 2 amide bonds. The lowest BCUT2D eigenvalue weighted by Crippen LogP contribution is -2.38. The Balaban J connectivity index is 2.47. The summed E-state index contributed by atoms with van der Waals surface area (Å²) in [7, 11) is 0. The van der Waals surface area contributed by atoms with E-state index in [9.17, 15) is 9.59 Å². The molecule has 0 spiro atoms. The van der Waals surface area contributed by atoms with Gasteiger partial charge in [0.15, 0.2) is 0 Å². The highest BCUT2D eigenvalue weighted by Crippen LogP contribution is 2.24. The minimum atomic E-state index is -0.567. The average molecular weight is 297 g/mol. The smallest absolute Gasteiger partial charge is 0.256 e. The van der Waals surface area contributed by atoms with Crippen molar-refractivity contribution in [2.24, 2.45) is 0 Å². The van der Waals surface area contributed by atoms with E-state index in [1.54, 1.807) is 6.92 Å². The van der Waals surface area contributed by atoms with E-state index < -0.39 is 5.60 Å². The predicted octanol–water partition coefficient (Wildman–Crippen LogP) is 3.00. The van der Waals surface area contributed by atoms with Gasteiger partial charge in [-0.3, -0.25) is 14.5 Å². The molecule has 0 saturated heterocycles. The fourth-order valence-corrected chi connectivity index (χ4v) is 2.14. The third kappa shape index (κ3) is 5.25. The van der Waals surface area contributed by atoms with Crippen molar-refractivity contribution in [3.63, 3.8) is 0 Å². The molecular weight excluding hydrogens is 270 g/mol. The van der Waals surface area contributed by atoms with E-state index in [4.69, 9.17) is 9.78 Å². The van der Waals surface area contributed by atoms with Crippen LogP contribution in [0, 0.1) is 0 Å². The van der Waals surface area contributed by atoms with Crippen molar-refractivity contribution in [1.29, 1.82) is 0 Å². The molecule has 120 valence electrons. The summed E-state index contributed by atoms with van der Waals surface area (Å²) in [5.41, 5.74) is -0.426. The monoisotopic (exact) mass is 297 g/mol. The van der Waals surface area contributed by atoms with Gasteiger partial charge >= 0.3 is 0 Å². The Morgan fingerprint density at radius 3 is 2.00 bits per heavy atom. The summed E-state index contributed by atoms with van der Waals surface area (Å²) in [5.74, 6) is -0.469. The number of imide groups is 1. The van der Waals surface area contributed by atoms with Crippen LogP contribution in [0.25, 0.3) is 0 Å². The van der Waals surface area contributed by atoms with Crippen LogP contribution in [0.5, 0.6) is 0 Å². The number of nitrogens with zero attached hydrogens (tertiary/aromatic N) is 1. The average Bonchev–Trinajstić information content (AvgIpc) is 2.59. The molecule has 1 rings (SSSR count). The van der Waals surface area contributed by atoms with Crippen molar-refractivity contribution < 1.29 is 19.4 Å². The summed E-state index contributed by atoms with van der Waals surface area (Å²) in [6.07, 6.45) is 3.80. The SMILES string of the molecule is CCCC(C)(C)OOC(C)(C)CCN1C(=O)C=C(C)C1=O. The predicted molar refractivity (Wildman–Crippen MR) is 80.3 cm³/mol. The normalized spacial score (nSPS) is 16.7. The van der Waals surface area contributed by atoms with Gasteiger partial charge in [-0.15, -0.1) is 0 Å². The molecule has 5 nitrogen and oxygen atoms in total. The quantitative estimate of drug-likeness (QED) is 0.392. The molecule has 0 N–H and O–H groups in total. The third-order valence-electron chi connectivity index (χ3n) is 3.47. The molecule has 0 aromatic heterocycles. The van der Waals surface area contributed by atoms with Gasteiger partial charge in [-0.2, -0.15) is 0 Å². The Kier molecular flexibility index (Phi) is 5.70. The molecule has 0 aromatic rings. The zero-order valence-corrected chi connectivity index (χ0v) is 14.0. The van der Waals surface area contributed by atoms with Crippen molar-refractivity contribution in [2.75, 3.05) is 6.54 Å². The van der Waals surface area contributed by atoms with Gasteiger partial charge in [0.25, 0.3) is 11.8 Å². The molecule has 0 radical (unpaired) electrons. The Labute approximate surface area is 127 Å². The van der Waals surface area contributed by atoms with Crippen LogP contribution < -0.4 is 0 Å². The summed E-state index contributed by atoms with van der Waals surface area (Å²) in [5, 5.41) is 0. The zero-order chi connectivity index (χ0) is 16.3. The molecule has 0 bridgehead atoms. The number of hydrogen-bond acceptors (Lipinski definition) is 4. The van der Waals surface area contributed by atoms with Crippen LogP contribution in [-0.4, -0.2) is 34.5 Å². The Morgan fingerprint density at radius 2 is 1.57 bits per heavy atom. The largest absolute Gasteiger partial charge is 0.275 e. The fraction of sp³-hybridized carbons (Fsp3) is 0.750. The second-order valence-electron chi connectivity index (χ2n) is 6.81. The summed E-state index contributed by atoms with van der Waals surface area (Å²) >= 11 is 0. The fourth-order valence-electron chi connectivity index (χ4n) is 2.14. The first-order chi connectivity index (χ1) is 9.58. The summed E-state index contributed by atoms with van der Waals surface area (Å²) in [4.78, 5) is 35.8. The van der Waals surface area contributed by atoms with E-state index in [0.29, 0.717) is 18.5 Å². The van der Waals surface area contributed by atoms with Crippen LogP contribution in [0.1, 0.15) is 60.8 Å². The lowest BCUT2D eigenvalue weighted by atomic mass is 10.0. The molecule has 0 atom stereocenters. The maximum Gasteiger partial charge on any atom is 0.256 e. The molecule has 0 aromatic carbocycles. The number of carbonyl (C=O) groups excluding carboxylic acids is 2. The van der Waals surface area contributed by atoms with Crippen LogP contribution >= 0.6 is 0 Å². The first kappa shape index (κ1) is 17.9. The Morgan fingerprint density at radius 1 is 1.05 bits per heavy atom. The topological polar surface area (TPSA) is 55.8 Å². The molecule has 1 aliphatic heterocycles. The van der Waals surface area contributed by atoms with E-state index in [1.165, 1.54) is 11.0 Å². The molecule has 1 aliphatic rings. The summed E-state index contributed by atoms with van der Waals surface area (Å²) < 4.78 is 0. The van der Waals surface area contributed by atoms with Gasteiger partial charge in [0, 0.05) is 18.2 Å². The minimum absolute atomic E-state index is 0.219. The van der Waals surface area contributed by atoms with E-state index in [0.717, 1.165) is 12.8 Å². The van der Waals surface area contributed by atoms with Gasteiger partial charge in [0.2, 0.25) is 0 Å². The molecular formula is C16H27NO4. The second kappa shape index (κ2) is 6.71. The third-order valence-corrected chi connectivity index (χ3v) is 3.47.